The van der Waals surface area contributed by atoms with Gasteiger partial charge >= 0.3 is 0 Å². The van der Waals surface area contributed by atoms with Gasteiger partial charge < -0.3 is 4.57 Å². The maximum absolute atomic E-state index is 5.06. The Morgan fingerprint density at radius 3 is 1.55 bits per heavy atom. The van der Waals surface area contributed by atoms with E-state index in [1.54, 1.807) is 12.2 Å². The SMILES string of the molecule is C=CC=C.c1ccc(-c2nc(-c3ccccc3)nc(-c3ccc4sc5ccc(-n6c7ccccc7c7cc(-c8ccc9sc%10cc%11c%12c(cccc%12c%10c9c8)-c8ccccc8-%11)ccc76)cc5c4c3)n2)cc1. The summed E-state index contributed by atoms with van der Waals surface area (Å²) in [4.78, 5) is 15.0. The summed E-state index contributed by atoms with van der Waals surface area (Å²) in [5.41, 5.74) is 14.2. The van der Waals surface area contributed by atoms with Gasteiger partial charge in [0.05, 0.1) is 11.0 Å². The van der Waals surface area contributed by atoms with Gasteiger partial charge in [-0.3, -0.25) is 0 Å². The lowest BCUT2D eigenvalue weighted by Crippen LogP contribution is -2.00. The van der Waals surface area contributed by atoms with E-state index in [9.17, 15) is 0 Å². The summed E-state index contributed by atoms with van der Waals surface area (Å²) in [6, 6.07) is 74.9. The lowest BCUT2D eigenvalue weighted by molar-refractivity contribution is 1.07. The van der Waals surface area contributed by atoms with Crippen molar-refractivity contribution in [2.45, 2.75) is 0 Å². The normalized spacial score (nSPS) is 11.8. The zero-order valence-electron chi connectivity index (χ0n) is 38.3. The molecule has 4 heterocycles. The number of fused-ring (bicyclic) bond motifs is 13. The average Bonchev–Trinajstić information content (AvgIpc) is 4.19. The number of benzene rings is 10. The van der Waals surface area contributed by atoms with Crippen molar-refractivity contribution >= 4 is 95.6 Å². The van der Waals surface area contributed by atoms with Crippen LogP contribution in [0.5, 0.6) is 0 Å². The molecule has 0 N–H and O–H groups in total. The van der Waals surface area contributed by atoms with Gasteiger partial charge in [0.1, 0.15) is 0 Å². The van der Waals surface area contributed by atoms with Crippen LogP contribution in [0.4, 0.5) is 0 Å². The van der Waals surface area contributed by atoms with Crippen molar-refractivity contribution in [2.75, 3.05) is 0 Å². The van der Waals surface area contributed by atoms with Gasteiger partial charge in [-0.1, -0.05) is 159 Å². The summed E-state index contributed by atoms with van der Waals surface area (Å²) in [5, 5.41) is 10.3. The highest BCUT2D eigenvalue weighted by Crippen LogP contribution is 2.52. The molecule has 0 spiro atoms. The standard InChI is InChI=1S/C61H34N4S2.C4H6/c1-3-12-35(13-4-1)59-62-60(36-14-5-2-6-15-36)64-61(63-59)39-24-28-53-47(32-39)48-33-40(25-29-54(48)66-53)65-51-21-10-9-18-43(51)46-30-37(22-26-52(46)65)38-23-27-55-50(31-38)58-45-20-11-19-44-41-16-7-8-17-42(41)49(57(44)45)34-56(58)67-55;1-3-4-2/h1-34H;3-4H,1-2H2. The molecule has 0 bridgehead atoms. The third kappa shape index (κ3) is 6.60. The van der Waals surface area contributed by atoms with Crippen LogP contribution in [0, 0.1) is 0 Å². The maximum atomic E-state index is 5.06. The molecule has 0 saturated carbocycles. The average molecular weight is 941 g/mol. The quantitative estimate of drug-likeness (QED) is 0.156. The first-order chi connectivity index (χ1) is 35.1. The minimum Gasteiger partial charge on any atom is -0.309 e. The molecule has 0 saturated heterocycles. The van der Waals surface area contributed by atoms with Crippen LogP contribution >= 0.6 is 22.7 Å². The van der Waals surface area contributed by atoms with E-state index < -0.39 is 0 Å². The summed E-state index contributed by atoms with van der Waals surface area (Å²) < 4.78 is 7.56. The molecule has 10 aromatic carbocycles. The van der Waals surface area contributed by atoms with Crippen molar-refractivity contribution in [3.05, 3.63) is 232 Å². The van der Waals surface area contributed by atoms with Gasteiger partial charge in [0.15, 0.2) is 17.5 Å². The molecule has 0 radical (unpaired) electrons. The summed E-state index contributed by atoms with van der Waals surface area (Å²) in [7, 11) is 0. The molecule has 4 nitrogen and oxygen atoms in total. The summed E-state index contributed by atoms with van der Waals surface area (Å²) >= 11 is 3.72. The second kappa shape index (κ2) is 16.4. The van der Waals surface area contributed by atoms with Gasteiger partial charge in [-0.05, 0) is 117 Å². The summed E-state index contributed by atoms with van der Waals surface area (Å²) in [5.74, 6) is 1.97. The molecule has 1 aliphatic rings. The Balaban J connectivity index is 0.00000114. The predicted octanol–water partition coefficient (Wildman–Crippen LogP) is 18.5. The second-order valence-corrected chi connectivity index (χ2v) is 20.1. The molecule has 71 heavy (non-hydrogen) atoms. The maximum Gasteiger partial charge on any atom is 0.164 e. The Morgan fingerprint density at radius 1 is 0.324 bits per heavy atom. The van der Waals surface area contributed by atoms with Crippen molar-refractivity contribution < 1.29 is 0 Å². The van der Waals surface area contributed by atoms with E-state index in [-0.39, 0.29) is 0 Å². The van der Waals surface area contributed by atoms with Crippen molar-refractivity contribution in [2.24, 2.45) is 0 Å². The van der Waals surface area contributed by atoms with Gasteiger partial charge in [0.25, 0.3) is 0 Å². The largest absolute Gasteiger partial charge is 0.309 e. The van der Waals surface area contributed by atoms with Crippen molar-refractivity contribution in [1.29, 1.82) is 0 Å². The van der Waals surface area contributed by atoms with Gasteiger partial charge in [-0.25, -0.2) is 15.0 Å². The highest BCUT2D eigenvalue weighted by Gasteiger charge is 2.24. The van der Waals surface area contributed by atoms with E-state index in [1.807, 2.05) is 59.1 Å². The van der Waals surface area contributed by atoms with Crippen LogP contribution in [0.1, 0.15) is 0 Å². The van der Waals surface area contributed by atoms with Crippen LogP contribution in [0.15, 0.2) is 232 Å². The number of aromatic nitrogens is 4. The fourth-order valence-corrected chi connectivity index (χ4v) is 12.9. The molecule has 0 fully saturated rings. The number of nitrogens with zero attached hydrogens (tertiary/aromatic N) is 4. The highest BCUT2D eigenvalue weighted by molar-refractivity contribution is 7.26. The van der Waals surface area contributed by atoms with E-state index in [1.165, 1.54) is 106 Å². The molecular weight excluding hydrogens is 901 g/mol. The van der Waals surface area contributed by atoms with Gasteiger partial charge in [-0.2, -0.15) is 0 Å². The van der Waals surface area contributed by atoms with Crippen LogP contribution in [0.2, 0.25) is 0 Å². The molecule has 332 valence electrons. The topological polar surface area (TPSA) is 43.6 Å². The van der Waals surface area contributed by atoms with Crippen LogP contribution < -0.4 is 0 Å². The first-order valence-corrected chi connectivity index (χ1v) is 25.4. The Labute approximate surface area is 417 Å². The Morgan fingerprint density at radius 2 is 0.831 bits per heavy atom. The molecule has 6 heteroatoms. The first-order valence-electron chi connectivity index (χ1n) is 23.7. The molecular formula is C65H40N4S2. The Bertz CT molecular complexity index is 4440. The number of hydrogen-bond donors (Lipinski definition) is 0. The number of rotatable bonds is 6. The van der Waals surface area contributed by atoms with E-state index in [4.69, 9.17) is 15.0 Å². The minimum absolute atomic E-state index is 0.655. The zero-order chi connectivity index (χ0) is 47.2. The van der Waals surface area contributed by atoms with Crippen molar-refractivity contribution in [3.63, 3.8) is 0 Å². The van der Waals surface area contributed by atoms with Crippen molar-refractivity contribution in [1.82, 2.24) is 19.5 Å². The smallest absolute Gasteiger partial charge is 0.164 e. The zero-order valence-corrected chi connectivity index (χ0v) is 39.9. The third-order valence-electron chi connectivity index (χ3n) is 13.9. The van der Waals surface area contributed by atoms with Crippen molar-refractivity contribution in [3.8, 4) is 73.2 Å². The van der Waals surface area contributed by atoms with Crippen LogP contribution in [-0.2, 0) is 0 Å². The monoisotopic (exact) mass is 940 g/mol. The van der Waals surface area contributed by atoms with Crippen LogP contribution in [-0.4, -0.2) is 19.5 Å². The lowest BCUT2D eigenvalue weighted by atomic mass is 9.96. The second-order valence-electron chi connectivity index (χ2n) is 18.0. The molecule has 15 rings (SSSR count). The summed E-state index contributed by atoms with van der Waals surface area (Å²) in [6.07, 6.45) is 3.28. The highest BCUT2D eigenvalue weighted by atomic mass is 32.1. The van der Waals surface area contributed by atoms with E-state index >= 15 is 0 Å². The number of para-hydroxylation sites is 1. The molecule has 0 atom stereocenters. The van der Waals surface area contributed by atoms with E-state index in [2.05, 4.69) is 188 Å². The molecule has 0 amide bonds. The minimum atomic E-state index is 0.655. The Hall–Kier alpha value is -8.81. The summed E-state index contributed by atoms with van der Waals surface area (Å²) in [6.45, 7) is 6.72. The van der Waals surface area contributed by atoms with Crippen LogP contribution in [0.3, 0.4) is 0 Å². The Kier molecular flexibility index (Phi) is 9.53. The van der Waals surface area contributed by atoms with Crippen LogP contribution in [0.25, 0.3) is 146 Å². The molecule has 0 unspecified atom stereocenters. The van der Waals surface area contributed by atoms with Gasteiger partial charge in [0.2, 0.25) is 0 Å². The first kappa shape index (κ1) is 41.2. The van der Waals surface area contributed by atoms with E-state index in [0.29, 0.717) is 17.5 Å². The van der Waals surface area contributed by atoms with Gasteiger partial charge in [0, 0.05) is 73.5 Å². The third-order valence-corrected chi connectivity index (χ3v) is 16.2. The molecule has 4 aromatic heterocycles. The lowest BCUT2D eigenvalue weighted by Gasteiger charge is -2.10. The number of allylic oxidation sites excluding steroid dienone is 2. The molecule has 0 aliphatic heterocycles. The predicted molar refractivity (Wildman–Crippen MR) is 304 cm³/mol. The fourth-order valence-electron chi connectivity index (χ4n) is 10.7. The fraction of sp³-hybridized carbons (Fsp3) is 0. The molecule has 1 aliphatic carbocycles. The number of thiophene rings is 2. The number of hydrogen-bond acceptors (Lipinski definition) is 5. The van der Waals surface area contributed by atoms with Gasteiger partial charge in [-0.15, -0.1) is 22.7 Å². The molecule has 14 aromatic rings. The van der Waals surface area contributed by atoms with E-state index in [0.717, 1.165) is 22.4 Å².